The number of ketones is 2. The highest BCUT2D eigenvalue weighted by Gasteiger charge is 2.16. The molecule has 0 spiro atoms. The lowest BCUT2D eigenvalue weighted by Crippen LogP contribution is -1.92. The first-order valence-electron chi connectivity index (χ1n) is 6.89. The van der Waals surface area contributed by atoms with Crippen molar-refractivity contribution < 1.29 is 9.59 Å². The Morgan fingerprint density at radius 3 is 1.00 bits per heavy atom. The molecule has 0 unspecified atom stereocenters. The smallest absolute Gasteiger partial charge is 0.141 e. The fourth-order valence-electron chi connectivity index (χ4n) is 2.78. The van der Waals surface area contributed by atoms with Gasteiger partial charge in [0, 0.05) is 25.7 Å². The lowest BCUT2D eigenvalue weighted by molar-refractivity contribution is -0.117. The third-order valence-electron chi connectivity index (χ3n) is 3.79. The van der Waals surface area contributed by atoms with E-state index >= 15 is 0 Å². The number of benzene rings is 2. The molecule has 2 aliphatic carbocycles. The molecule has 0 saturated heterocycles. The summed E-state index contributed by atoms with van der Waals surface area (Å²) in [6.07, 6.45) is 2.60. The number of hydrogen-bond acceptors (Lipinski definition) is 2. The van der Waals surface area contributed by atoms with Crippen molar-refractivity contribution in [1.29, 1.82) is 0 Å². The minimum absolute atomic E-state index is 0. The summed E-state index contributed by atoms with van der Waals surface area (Å²) in [5, 5.41) is 0. The molecule has 108 valence electrons. The van der Waals surface area contributed by atoms with Crippen LogP contribution >= 0.6 is 0 Å². The third kappa shape index (κ3) is 3.46. The fraction of sp³-hybridized carbons (Fsp3) is 0.263. The lowest BCUT2D eigenvalue weighted by Gasteiger charge is -1.91. The van der Waals surface area contributed by atoms with Crippen molar-refractivity contribution in [2.75, 3.05) is 0 Å². The summed E-state index contributed by atoms with van der Waals surface area (Å²) in [7, 11) is 0. The van der Waals surface area contributed by atoms with Crippen LogP contribution in [-0.4, -0.2) is 11.6 Å². The SMILES string of the molecule is C.O=C1Cc2ccccc2C1.O=C1Cc2ccccc2C1. The molecule has 0 heterocycles. The van der Waals surface area contributed by atoms with Crippen LogP contribution in [0.4, 0.5) is 0 Å². The maximum Gasteiger partial charge on any atom is 0.141 e. The van der Waals surface area contributed by atoms with E-state index in [2.05, 4.69) is 0 Å². The molecule has 21 heavy (non-hydrogen) atoms. The van der Waals surface area contributed by atoms with E-state index in [0.717, 1.165) is 0 Å². The molecule has 0 bridgehead atoms. The molecule has 0 aliphatic heterocycles. The Balaban J connectivity index is 0.000000147. The second kappa shape index (κ2) is 6.49. The van der Waals surface area contributed by atoms with Crippen LogP contribution in [0.15, 0.2) is 48.5 Å². The second-order valence-corrected chi connectivity index (χ2v) is 5.32. The molecule has 2 aliphatic rings. The first-order chi connectivity index (χ1) is 9.72. The Kier molecular flexibility index (Phi) is 4.69. The van der Waals surface area contributed by atoms with Gasteiger partial charge >= 0.3 is 0 Å². The van der Waals surface area contributed by atoms with E-state index in [1.165, 1.54) is 22.3 Å². The van der Waals surface area contributed by atoms with Gasteiger partial charge in [0.1, 0.15) is 11.6 Å². The van der Waals surface area contributed by atoms with Crippen LogP contribution in [0, 0.1) is 0 Å². The molecule has 0 fully saturated rings. The molecule has 2 aromatic rings. The Labute approximate surface area is 125 Å². The average molecular weight is 280 g/mol. The number of rotatable bonds is 0. The van der Waals surface area contributed by atoms with Gasteiger partial charge in [-0.15, -0.1) is 0 Å². The summed E-state index contributed by atoms with van der Waals surface area (Å²) in [5.41, 5.74) is 4.86. The Morgan fingerprint density at radius 2 is 0.762 bits per heavy atom. The quantitative estimate of drug-likeness (QED) is 0.741. The van der Waals surface area contributed by atoms with Gasteiger partial charge in [-0.3, -0.25) is 9.59 Å². The van der Waals surface area contributed by atoms with Gasteiger partial charge in [-0.25, -0.2) is 0 Å². The zero-order valence-electron chi connectivity index (χ0n) is 11.3. The van der Waals surface area contributed by atoms with Gasteiger partial charge in [0.25, 0.3) is 0 Å². The van der Waals surface area contributed by atoms with Gasteiger partial charge in [-0.1, -0.05) is 56.0 Å². The van der Waals surface area contributed by atoms with Crippen LogP contribution in [0.2, 0.25) is 0 Å². The number of fused-ring (bicyclic) bond motifs is 2. The van der Waals surface area contributed by atoms with Crippen LogP contribution in [0.25, 0.3) is 0 Å². The molecule has 0 aromatic heterocycles. The monoisotopic (exact) mass is 280 g/mol. The maximum atomic E-state index is 10.9. The van der Waals surface area contributed by atoms with Crippen LogP contribution in [0.3, 0.4) is 0 Å². The van der Waals surface area contributed by atoms with Crippen LogP contribution in [0.5, 0.6) is 0 Å². The zero-order chi connectivity index (χ0) is 13.9. The predicted molar refractivity (Wildman–Crippen MR) is 84.4 cm³/mol. The van der Waals surface area contributed by atoms with Crippen molar-refractivity contribution in [1.82, 2.24) is 0 Å². The first kappa shape index (κ1) is 15.2. The van der Waals surface area contributed by atoms with E-state index < -0.39 is 0 Å². The molecule has 4 rings (SSSR count). The number of hydrogen-bond donors (Lipinski definition) is 0. The summed E-state index contributed by atoms with van der Waals surface area (Å²) >= 11 is 0. The molecule has 2 nitrogen and oxygen atoms in total. The molecule has 0 saturated carbocycles. The van der Waals surface area contributed by atoms with Crippen molar-refractivity contribution in [3.63, 3.8) is 0 Å². The standard InChI is InChI=1S/2C9H8O.CH4/c2*10-9-5-7-3-1-2-4-8(7)6-9;/h2*1-4H,5-6H2;1H4. The summed E-state index contributed by atoms with van der Waals surface area (Å²) in [4.78, 5) is 21.8. The van der Waals surface area contributed by atoms with E-state index in [1.54, 1.807) is 0 Å². The number of carbonyl (C=O) groups is 2. The van der Waals surface area contributed by atoms with E-state index in [0.29, 0.717) is 37.2 Å². The minimum atomic E-state index is 0. The van der Waals surface area contributed by atoms with Crippen molar-refractivity contribution in [2.24, 2.45) is 0 Å². The molecule has 0 N–H and O–H groups in total. The van der Waals surface area contributed by atoms with Gasteiger partial charge in [0.05, 0.1) is 0 Å². The summed E-state index contributed by atoms with van der Waals surface area (Å²) in [6.45, 7) is 0. The fourth-order valence-corrected chi connectivity index (χ4v) is 2.78. The van der Waals surface area contributed by atoms with E-state index in [9.17, 15) is 9.59 Å². The van der Waals surface area contributed by atoms with Crippen molar-refractivity contribution in [2.45, 2.75) is 33.1 Å². The van der Waals surface area contributed by atoms with Crippen molar-refractivity contribution in [3.05, 3.63) is 70.8 Å². The second-order valence-electron chi connectivity index (χ2n) is 5.32. The Bertz CT molecular complexity index is 557. The van der Waals surface area contributed by atoms with Gasteiger partial charge in [-0.05, 0) is 22.3 Å². The van der Waals surface area contributed by atoms with Crippen molar-refractivity contribution in [3.8, 4) is 0 Å². The van der Waals surface area contributed by atoms with Gasteiger partial charge < -0.3 is 0 Å². The topological polar surface area (TPSA) is 34.1 Å². The third-order valence-corrected chi connectivity index (χ3v) is 3.79. The molecule has 0 radical (unpaired) electrons. The first-order valence-corrected chi connectivity index (χ1v) is 6.89. The van der Waals surface area contributed by atoms with E-state index in [1.807, 2.05) is 48.5 Å². The number of Topliss-reactive ketones (excluding diaryl/α,β-unsaturated/α-hetero) is 2. The van der Waals surface area contributed by atoms with E-state index in [4.69, 9.17) is 0 Å². The molecule has 2 heteroatoms. The molecule has 0 amide bonds. The largest absolute Gasteiger partial charge is 0.299 e. The highest BCUT2D eigenvalue weighted by atomic mass is 16.1. The molecule has 2 aromatic carbocycles. The van der Waals surface area contributed by atoms with Crippen LogP contribution in [0.1, 0.15) is 29.7 Å². The molecular formula is C19H20O2. The van der Waals surface area contributed by atoms with Gasteiger partial charge in [-0.2, -0.15) is 0 Å². The van der Waals surface area contributed by atoms with Crippen LogP contribution < -0.4 is 0 Å². The Hall–Kier alpha value is -2.22. The average Bonchev–Trinajstić information content (AvgIpc) is 2.99. The number of carbonyl (C=O) groups excluding carboxylic acids is 2. The Morgan fingerprint density at radius 1 is 0.524 bits per heavy atom. The summed E-state index contributed by atoms with van der Waals surface area (Å²) in [5.74, 6) is 0.697. The minimum Gasteiger partial charge on any atom is -0.299 e. The maximum absolute atomic E-state index is 10.9. The lowest BCUT2D eigenvalue weighted by atomic mass is 10.1. The van der Waals surface area contributed by atoms with Crippen molar-refractivity contribution >= 4 is 11.6 Å². The van der Waals surface area contributed by atoms with Crippen LogP contribution in [-0.2, 0) is 35.3 Å². The summed E-state index contributed by atoms with van der Waals surface area (Å²) < 4.78 is 0. The van der Waals surface area contributed by atoms with Gasteiger partial charge in [0.2, 0.25) is 0 Å². The highest BCUT2D eigenvalue weighted by molar-refractivity contribution is 5.88. The summed E-state index contributed by atoms with van der Waals surface area (Å²) in [6, 6.07) is 16.0. The predicted octanol–water partition coefficient (Wildman–Crippen LogP) is 3.34. The van der Waals surface area contributed by atoms with E-state index in [-0.39, 0.29) is 7.43 Å². The molecule has 0 atom stereocenters. The highest BCUT2D eigenvalue weighted by Crippen LogP contribution is 2.18. The normalized spacial score (nSPS) is 14.7. The molecular weight excluding hydrogens is 260 g/mol. The van der Waals surface area contributed by atoms with Gasteiger partial charge in [0.15, 0.2) is 0 Å². The zero-order valence-corrected chi connectivity index (χ0v) is 11.3.